The van der Waals surface area contributed by atoms with Gasteiger partial charge in [-0.15, -0.1) is 0 Å². The average molecular weight is 436 g/mol. The summed E-state index contributed by atoms with van der Waals surface area (Å²) in [5.74, 6) is -1.54. The van der Waals surface area contributed by atoms with Gasteiger partial charge in [-0.2, -0.15) is 9.57 Å². The molecule has 0 aromatic heterocycles. The monoisotopic (exact) mass is 435 g/mol. The second kappa shape index (κ2) is 9.73. The van der Waals surface area contributed by atoms with E-state index in [2.05, 4.69) is 0 Å². The molecule has 0 aliphatic carbocycles. The van der Waals surface area contributed by atoms with Crippen molar-refractivity contribution in [3.63, 3.8) is 0 Å². The largest absolute Gasteiger partial charge is 0.495 e. The van der Waals surface area contributed by atoms with E-state index in [1.165, 1.54) is 36.5 Å². The summed E-state index contributed by atoms with van der Waals surface area (Å²) in [7, 11) is -2.56. The Labute approximate surface area is 176 Å². The number of esters is 1. The Morgan fingerprint density at radius 1 is 1.33 bits per heavy atom. The highest BCUT2D eigenvalue weighted by molar-refractivity contribution is 7.89. The fraction of sp³-hybridized carbons (Fsp3) is 0.450. The van der Waals surface area contributed by atoms with Gasteiger partial charge in [-0.25, -0.2) is 13.2 Å². The first-order valence-electron chi connectivity index (χ1n) is 9.40. The first-order valence-corrected chi connectivity index (χ1v) is 10.8. The van der Waals surface area contributed by atoms with Gasteiger partial charge in [0.2, 0.25) is 15.8 Å². The number of allylic oxidation sites excluding steroid dienone is 1. The number of nitrogens with zero attached hydrogens (tertiary/aromatic N) is 2. The fourth-order valence-corrected chi connectivity index (χ4v) is 5.10. The molecule has 1 fully saturated rings. The predicted molar refractivity (Wildman–Crippen MR) is 108 cm³/mol. The van der Waals surface area contributed by atoms with E-state index in [0.717, 1.165) is 19.3 Å². The Morgan fingerprint density at radius 3 is 2.60 bits per heavy atom. The van der Waals surface area contributed by atoms with E-state index in [0.29, 0.717) is 6.54 Å². The second-order valence-corrected chi connectivity index (χ2v) is 8.85. The van der Waals surface area contributed by atoms with Gasteiger partial charge in [0.15, 0.2) is 6.61 Å². The van der Waals surface area contributed by atoms with Crippen LogP contribution >= 0.6 is 0 Å². The fourth-order valence-electron chi connectivity index (χ4n) is 3.22. The first-order chi connectivity index (χ1) is 14.1. The molecular formula is C20H25N3O6S. The minimum Gasteiger partial charge on any atom is -0.495 e. The molecule has 1 aliphatic heterocycles. The third kappa shape index (κ3) is 4.98. The Bertz CT molecular complexity index is 1010. The number of nitriles is 1. The zero-order valence-corrected chi connectivity index (χ0v) is 18.0. The first kappa shape index (κ1) is 23.4. The maximum atomic E-state index is 13.2. The molecule has 10 heteroatoms. The van der Waals surface area contributed by atoms with E-state index in [-0.39, 0.29) is 33.5 Å². The lowest BCUT2D eigenvalue weighted by Crippen LogP contribution is -2.42. The van der Waals surface area contributed by atoms with Crippen molar-refractivity contribution in [1.82, 2.24) is 4.31 Å². The van der Waals surface area contributed by atoms with Crippen molar-refractivity contribution in [2.45, 2.75) is 44.0 Å². The number of carbonyl (C=O) groups excluding carboxylic acids is 2. The van der Waals surface area contributed by atoms with Crippen molar-refractivity contribution >= 4 is 21.8 Å². The molecule has 0 saturated carbocycles. The Kier molecular flexibility index (Phi) is 7.59. The Balaban J connectivity index is 2.29. The smallest absolute Gasteiger partial charge is 0.338 e. The van der Waals surface area contributed by atoms with Crippen molar-refractivity contribution in [2.75, 3.05) is 20.3 Å². The van der Waals surface area contributed by atoms with E-state index < -0.39 is 28.4 Å². The minimum atomic E-state index is -3.90. The van der Waals surface area contributed by atoms with E-state index in [1.807, 2.05) is 6.92 Å². The number of ketones is 1. The molecule has 1 saturated heterocycles. The van der Waals surface area contributed by atoms with Gasteiger partial charge in [0.05, 0.1) is 12.7 Å². The van der Waals surface area contributed by atoms with Crippen LogP contribution in [0.4, 0.5) is 0 Å². The van der Waals surface area contributed by atoms with E-state index in [9.17, 15) is 18.0 Å². The SMILES string of the molecule is COc1ccc(C(=O)OCC(=O)/C(C#N)=C(/C)N)cc1S(=O)(=O)N1CCCCC1C. The molecule has 0 spiro atoms. The third-order valence-corrected chi connectivity index (χ3v) is 6.88. The van der Waals surface area contributed by atoms with Gasteiger partial charge in [0.25, 0.3) is 0 Å². The zero-order valence-electron chi connectivity index (χ0n) is 17.2. The Morgan fingerprint density at radius 2 is 2.03 bits per heavy atom. The maximum Gasteiger partial charge on any atom is 0.338 e. The van der Waals surface area contributed by atoms with Crippen LogP contribution in [0.3, 0.4) is 0 Å². The van der Waals surface area contributed by atoms with Crippen LogP contribution in [-0.4, -0.2) is 50.8 Å². The number of piperidine rings is 1. The number of Topliss-reactive ketones (excluding diaryl/α,β-unsaturated/α-hetero) is 1. The number of ether oxygens (including phenoxy) is 2. The number of hydrogen-bond acceptors (Lipinski definition) is 8. The molecule has 1 unspecified atom stereocenters. The molecule has 30 heavy (non-hydrogen) atoms. The molecular weight excluding hydrogens is 410 g/mol. The van der Waals surface area contributed by atoms with Crippen LogP contribution in [0, 0.1) is 11.3 Å². The number of sulfonamides is 1. The maximum absolute atomic E-state index is 13.2. The van der Waals surface area contributed by atoms with Crippen LogP contribution in [-0.2, 0) is 19.6 Å². The van der Waals surface area contributed by atoms with Gasteiger partial charge in [0, 0.05) is 18.3 Å². The molecule has 0 bridgehead atoms. The number of hydrogen-bond donors (Lipinski definition) is 1. The molecule has 2 rings (SSSR count). The van der Waals surface area contributed by atoms with E-state index >= 15 is 0 Å². The molecule has 2 N–H and O–H groups in total. The summed E-state index contributed by atoms with van der Waals surface area (Å²) in [4.78, 5) is 24.2. The highest BCUT2D eigenvalue weighted by atomic mass is 32.2. The number of methoxy groups -OCH3 is 1. The van der Waals surface area contributed by atoms with Crippen molar-refractivity contribution < 1.29 is 27.5 Å². The predicted octanol–water partition coefficient (Wildman–Crippen LogP) is 1.74. The standard InChI is InChI=1S/C20H25N3O6S/c1-13-6-4-5-9-23(13)30(26,27)19-10-15(7-8-18(19)28-3)20(25)29-12-17(24)16(11-21)14(2)22/h7-8,10,13H,4-6,9,12,22H2,1-3H3/b16-14-. The summed E-state index contributed by atoms with van der Waals surface area (Å²) >= 11 is 0. The molecule has 9 nitrogen and oxygen atoms in total. The quantitative estimate of drug-likeness (QED) is 0.388. The number of rotatable bonds is 7. The van der Waals surface area contributed by atoms with E-state index in [1.54, 1.807) is 6.07 Å². The summed E-state index contributed by atoms with van der Waals surface area (Å²) in [6.45, 7) is 2.93. The lowest BCUT2D eigenvalue weighted by molar-refractivity contribution is -0.118. The molecule has 1 aromatic carbocycles. The highest BCUT2D eigenvalue weighted by Crippen LogP contribution is 2.31. The van der Waals surface area contributed by atoms with Crippen LogP contribution in [0.15, 0.2) is 34.4 Å². The number of nitrogens with two attached hydrogens (primary N) is 1. The van der Waals surface area contributed by atoms with Crippen LogP contribution < -0.4 is 10.5 Å². The molecule has 1 aromatic rings. The van der Waals surface area contributed by atoms with Gasteiger partial charge >= 0.3 is 5.97 Å². The average Bonchev–Trinajstić information content (AvgIpc) is 2.71. The molecule has 1 aliphatic rings. The third-order valence-electron chi connectivity index (χ3n) is 4.85. The van der Waals surface area contributed by atoms with Gasteiger partial charge in [-0.3, -0.25) is 4.79 Å². The Hall–Kier alpha value is -2.90. The summed E-state index contributed by atoms with van der Waals surface area (Å²) in [5, 5.41) is 8.94. The zero-order chi connectivity index (χ0) is 22.5. The van der Waals surface area contributed by atoms with Crippen LogP contribution in [0.2, 0.25) is 0 Å². The molecule has 0 amide bonds. The van der Waals surface area contributed by atoms with Crippen molar-refractivity contribution in [1.29, 1.82) is 5.26 Å². The van der Waals surface area contributed by atoms with Gasteiger partial charge in [-0.1, -0.05) is 6.42 Å². The molecule has 162 valence electrons. The molecule has 1 heterocycles. The van der Waals surface area contributed by atoms with Gasteiger partial charge < -0.3 is 15.2 Å². The van der Waals surface area contributed by atoms with Crippen LogP contribution in [0.1, 0.15) is 43.5 Å². The summed E-state index contributed by atoms with van der Waals surface area (Å²) in [5.41, 5.74) is 5.13. The topological polar surface area (TPSA) is 140 Å². The molecule has 0 radical (unpaired) electrons. The lowest BCUT2D eigenvalue weighted by atomic mass is 10.1. The van der Waals surface area contributed by atoms with Gasteiger partial charge in [-0.05, 0) is 44.9 Å². The lowest BCUT2D eigenvalue weighted by Gasteiger charge is -2.32. The summed E-state index contributed by atoms with van der Waals surface area (Å²) < 4.78 is 38.0. The van der Waals surface area contributed by atoms with Crippen molar-refractivity contribution in [3.8, 4) is 11.8 Å². The van der Waals surface area contributed by atoms with Crippen LogP contribution in [0.25, 0.3) is 0 Å². The molecule has 1 atom stereocenters. The summed E-state index contributed by atoms with van der Waals surface area (Å²) in [6, 6.07) is 5.38. The van der Waals surface area contributed by atoms with Crippen molar-refractivity contribution in [3.05, 3.63) is 35.0 Å². The van der Waals surface area contributed by atoms with E-state index in [4.69, 9.17) is 20.5 Å². The number of carbonyl (C=O) groups is 2. The van der Waals surface area contributed by atoms with Gasteiger partial charge in [0.1, 0.15) is 22.3 Å². The normalized spacial score (nSPS) is 18.1. The van der Waals surface area contributed by atoms with Crippen LogP contribution in [0.5, 0.6) is 5.75 Å². The number of benzene rings is 1. The van der Waals surface area contributed by atoms with Crippen molar-refractivity contribution in [2.24, 2.45) is 5.73 Å². The summed E-state index contributed by atoms with van der Waals surface area (Å²) in [6.07, 6.45) is 2.46. The highest BCUT2D eigenvalue weighted by Gasteiger charge is 2.33. The minimum absolute atomic E-state index is 0.0204. The second-order valence-electron chi connectivity index (χ2n) is 7.00.